The third-order valence-electron chi connectivity index (χ3n) is 2.72. The van der Waals surface area contributed by atoms with Crippen molar-refractivity contribution in [1.82, 2.24) is 9.80 Å². The smallest absolute Gasteiger partial charge is 0.444 e. The lowest BCUT2D eigenvalue weighted by atomic mass is 10.1. The van der Waals surface area contributed by atoms with Crippen molar-refractivity contribution < 1.29 is 22.7 Å². The molecule has 0 aromatic carbocycles. The molecule has 0 spiro atoms. The summed E-state index contributed by atoms with van der Waals surface area (Å²) in [6.07, 6.45) is -5.51. The fourth-order valence-electron chi connectivity index (χ4n) is 1.95. The first-order valence-corrected chi connectivity index (χ1v) is 6.33. The molecule has 9 heteroatoms. The molecular weight excluding hydrogens is 289 g/mol. The monoisotopic (exact) mass is 308 g/mol. The average Bonchev–Trinajstić information content (AvgIpc) is 2.23. The normalized spacial score (nSPS) is 20.5. The molecule has 1 heterocycles. The van der Waals surface area contributed by atoms with E-state index in [0.29, 0.717) is 4.90 Å². The van der Waals surface area contributed by atoms with E-state index in [1.807, 2.05) is 0 Å². The molecule has 0 bridgehead atoms. The maximum atomic E-state index is 12.6. The molecule has 1 saturated heterocycles. The van der Waals surface area contributed by atoms with Gasteiger partial charge in [0.15, 0.2) is 0 Å². The van der Waals surface area contributed by atoms with Crippen molar-refractivity contribution in [2.75, 3.05) is 13.1 Å². The Kier molecular flexibility index (Phi) is 4.54. The van der Waals surface area contributed by atoms with Crippen molar-refractivity contribution in [3.8, 4) is 0 Å². The lowest BCUT2D eigenvalue weighted by molar-refractivity contribution is -0.0692. The standard InChI is InChI=1S/C12H19F3N4O2/c1-7-5-18(10(20)21-11(2,3)4)6-8(16)19(7)9(17)12(13,14)15/h7,16-17H,5-6H2,1-4H3. The summed E-state index contributed by atoms with van der Waals surface area (Å²) >= 11 is 0. The van der Waals surface area contributed by atoms with Crippen LogP contribution in [0.5, 0.6) is 0 Å². The Morgan fingerprint density at radius 1 is 1.33 bits per heavy atom. The second kappa shape index (κ2) is 5.53. The fraction of sp³-hybridized carbons (Fsp3) is 0.750. The van der Waals surface area contributed by atoms with Crippen LogP contribution in [-0.4, -0.2) is 58.5 Å². The van der Waals surface area contributed by atoms with Gasteiger partial charge in [-0.05, 0) is 27.7 Å². The largest absolute Gasteiger partial charge is 0.449 e. The van der Waals surface area contributed by atoms with Crippen LogP contribution in [0.25, 0.3) is 0 Å². The number of nitrogens with zero attached hydrogens (tertiary/aromatic N) is 2. The Morgan fingerprint density at radius 3 is 2.24 bits per heavy atom. The quantitative estimate of drug-likeness (QED) is 0.533. The van der Waals surface area contributed by atoms with E-state index < -0.39 is 35.6 Å². The summed E-state index contributed by atoms with van der Waals surface area (Å²) in [5.74, 6) is -2.05. The van der Waals surface area contributed by atoms with E-state index in [4.69, 9.17) is 15.6 Å². The molecule has 1 fully saturated rings. The molecule has 0 saturated carbocycles. The molecule has 1 atom stereocenters. The van der Waals surface area contributed by atoms with E-state index in [2.05, 4.69) is 0 Å². The van der Waals surface area contributed by atoms with Gasteiger partial charge in [-0.25, -0.2) is 4.79 Å². The van der Waals surface area contributed by atoms with Gasteiger partial charge in [0.1, 0.15) is 11.4 Å². The highest BCUT2D eigenvalue weighted by atomic mass is 19.4. The molecule has 1 amide bonds. The maximum Gasteiger partial charge on any atom is 0.449 e. The van der Waals surface area contributed by atoms with Gasteiger partial charge in [0.2, 0.25) is 5.84 Å². The first kappa shape index (κ1) is 17.3. The third-order valence-corrected chi connectivity index (χ3v) is 2.72. The molecule has 2 N–H and O–H groups in total. The number of nitrogens with one attached hydrogen (secondary N) is 2. The molecular formula is C12H19F3N4O2. The number of piperazine rings is 1. The summed E-state index contributed by atoms with van der Waals surface area (Å²) in [5.41, 5.74) is -0.724. The van der Waals surface area contributed by atoms with E-state index in [1.54, 1.807) is 20.8 Å². The molecule has 0 aromatic heterocycles. The first-order valence-electron chi connectivity index (χ1n) is 6.33. The number of alkyl halides is 3. The van der Waals surface area contributed by atoms with Crippen LogP contribution in [0, 0.1) is 10.8 Å². The zero-order chi connectivity index (χ0) is 16.6. The van der Waals surface area contributed by atoms with Crippen LogP contribution in [0.2, 0.25) is 0 Å². The number of hydrogen-bond acceptors (Lipinski definition) is 4. The first-order chi connectivity index (χ1) is 9.33. The molecule has 0 aromatic rings. The predicted molar refractivity (Wildman–Crippen MR) is 70.6 cm³/mol. The minimum absolute atomic E-state index is 0.0459. The highest BCUT2D eigenvalue weighted by Gasteiger charge is 2.44. The minimum Gasteiger partial charge on any atom is -0.444 e. The molecule has 1 rings (SSSR count). The molecule has 0 aliphatic carbocycles. The summed E-state index contributed by atoms with van der Waals surface area (Å²) in [4.78, 5) is 13.6. The lowest BCUT2D eigenvalue weighted by Crippen LogP contribution is -2.61. The van der Waals surface area contributed by atoms with Gasteiger partial charge in [-0.1, -0.05) is 0 Å². The Bertz CT molecular complexity index is 456. The van der Waals surface area contributed by atoms with E-state index in [9.17, 15) is 18.0 Å². The van der Waals surface area contributed by atoms with Crippen LogP contribution in [0.4, 0.5) is 18.0 Å². The van der Waals surface area contributed by atoms with Gasteiger partial charge in [-0.15, -0.1) is 0 Å². The van der Waals surface area contributed by atoms with Gasteiger partial charge in [0.25, 0.3) is 0 Å². The molecule has 21 heavy (non-hydrogen) atoms. The Labute approximate surface area is 120 Å². The summed E-state index contributed by atoms with van der Waals surface area (Å²) in [6.45, 7) is 6.08. The summed E-state index contributed by atoms with van der Waals surface area (Å²) in [7, 11) is 0. The Hall–Kier alpha value is -1.80. The molecule has 120 valence electrons. The van der Waals surface area contributed by atoms with Crippen molar-refractivity contribution in [3.63, 3.8) is 0 Å². The highest BCUT2D eigenvalue weighted by molar-refractivity contribution is 6.03. The van der Waals surface area contributed by atoms with Gasteiger partial charge in [0.05, 0.1) is 12.6 Å². The number of amides is 1. The van der Waals surface area contributed by atoms with Crippen molar-refractivity contribution >= 4 is 17.8 Å². The van der Waals surface area contributed by atoms with Crippen LogP contribution >= 0.6 is 0 Å². The number of carbonyl (C=O) groups is 1. The molecule has 1 aliphatic heterocycles. The predicted octanol–water partition coefficient (Wildman–Crippen LogP) is 2.44. The van der Waals surface area contributed by atoms with Crippen LogP contribution < -0.4 is 0 Å². The number of halogens is 3. The van der Waals surface area contributed by atoms with Crippen molar-refractivity contribution in [3.05, 3.63) is 0 Å². The van der Waals surface area contributed by atoms with Crippen LogP contribution in [0.3, 0.4) is 0 Å². The third kappa shape index (κ3) is 4.33. The van der Waals surface area contributed by atoms with Gasteiger partial charge >= 0.3 is 12.3 Å². The summed E-state index contributed by atoms with van der Waals surface area (Å²) in [5, 5.41) is 14.8. The number of amidine groups is 2. The Balaban J connectivity index is 2.82. The van der Waals surface area contributed by atoms with Crippen LogP contribution in [0.15, 0.2) is 0 Å². The SMILES string of the molecule is CC1CN(C(=O)OC(C)(C)C)CC(=N)N1C(=N)C(F)(F)F. The van der Waals surface area contributed by atoms with Crippen molar-refractivity contribution in [1.29, 1.82) is 10.8 Å². The number of carbonyl (C=O) groups excluding carboxylic acids is 1. The van der Waals surface area contributed by atoms with Crippen molar-refractivity contribution in [2.45, 2.75) is 45.5 Å². The van der Waals surface area contributed by atoms with Gasteiger partial charge in [-0.2, -0.15) is 13.2 Å². The van der Waals surface area contributed by atoms with E-state index in [1.165, 1.54) is 11.8 Å². The second-order valence-corrected chi connectivity index (χ2v) is 5.87. The van der Waals surface area contributed by atoms with Crippen LogP contribution in [0.1, 0.15) is 27.7 Å². The van der Waals surface area contributed by atoms with Gasteiger partial charge in [-0.3, -0.25) is 15.7 Å². The van der Waals surface area contributed by atoms with Crippen molar-refractivity contribution in [2.24, 2.45) is 0 Å². The lowest BCUT2D eigenvalue weighted by Gasteiger charge is -2.41. The molecule has 6 nitrogen and oxygen atoms in total. The van der Waals surface area contributed by atoms with Crippen LogP contribution in [-0.2, 0) is 4.74 Å². The summed E-state index contributed by atoms with van der Waals surface area (Å²) in [6, 6.07) is -0.826. The number of hydrogen-bond donors (Lipinski definition) is 2. The second-order valence-electron chi connectivity index (χ2n) is 5.87. The number of rotatable bonds is 0. The molecule has 1 aliphatic rings. The van der Waals surface area contributed by atoms with E-state index in [0.717, 1.165) is 0 Å². The van der Waals surface area contributed by atoms with Gasteiger partial charge < -0.3 is 9.64 Å². The zero-order valence-corrected chi connectivity index (χ0v) is 12.3. The Morgan fingerprint density at radius 2 is 1.86 bits per heavy atom. The topological polar surface area (TPSA) is 80.5 Å². The highest BCUT2D eigenvalue weighted by Crippen LogP contribution is 2.23. The maximum absolute atomic E-state index is 12.6. The van der Waals surface area contributed by atoms with E-state index >= 15 is 0 Å². The molecule has 1 unspecified atom stereocenters. The zero-order valence-electron chi connectivity index (χ0n) is 12.3. The average molecular weight is 308 g/mol. The fourth-order valence-corrected chi connectivity index (χ4v) is 1.95. The number of ether oxygens (including phenoxy) is 1. The van der Waals surface area contributed by atoms with Gasteiger partial charge in [0, 0.05) is 6.54 Å². The summed E-state index contributed by atoms with van der Waals surface area (Å²) < 4.78 is 42.9. The molecule has 0 radical (unpaired) electrons. The minimum atomic E-state index is -4.82. The van der Waals surface area contributed by atoms with E-state index in [-0.39, 0.29) is 13.1 Å².